The van der Waals surface area contributed by atoms with Crippen molar-refractivity contribution in [2.24, 2.45) is 11.7 Å². The number of hydrogen-bond acceptors (Lipinski definition) is 4. The van der Waals surface area contributed by atoms with E-state index in [1.54, 1.807) is 0 Å². The highest BCUT2D eigenvalue weighted by Crippen LogP contribution is 2.33. The standard InChI is InChI=1S/C9H14Cl2N2O2S2/c1-5(2)6(12)4-13-17(14,15)7-3-8(10)16-9(7)11/h3,5-6,13H,4,12H2,1-2H3. The third-order valence-corrected chi connectivity index (χ3v) is 5.46. The third kappa shape index (κ3) is 4.08. The van der Waals surface area contributed by atoms with Crippen molar-refractivity contribution in [3.63, 3.8) is 0 Å². The first-order valence-electron chi connectivity index (χ1n) is 4.94. The molecule has 1 heterocycles. The lowest BCUT2D eigenvalue weighted by Crippen LogP contribution is -2.40. The SMILES string of the molecule is CC(C)C(N)CNS(=O)(=O)c1cc(Cl)sc1Cl. The Morgan fingerprint density at radius 2 is 2.06 bits per heavy atom. The highest BCUT2D eigenvalue weighted by Gasteiger charge is 2.21. The van der Waals surface area contributed by atoms with Crippen LogP contribution in [0.4, 0.5) is 0 Å². The number of hydrogen-bond donors (Lipinski definition) is 2. The van der Waals surface area contributed by atoms with E-state index in [1.165, 1.54) is 6.07 Å². The number of nitrogens with two attached hydrogens (primary N) is 1. The molecule has 1 rings (SSSR count). The van der Waals surface area contributed by atoms with Crippen molar-refractivity contribution in [1.82, 2.24) is 4.72 Å². The van der Waals surface area contributed by atoms with Gasteiger partial charge < -0.3 is 5.73 Å². The van der Waals surface area contributed by atoms with Gasteiger partial charge in [0.25, 0.3) is 0 Å². The maximum absolute atomic E-state index is 11.9. The average molecular weight is 317 g/mol. The molecule has 0 aliphatic heterocycles. The number of nitrogens with one attached hydrogen (secondary N) is 1. The smallest absolute Gasteiger partial charge is 0.243 e. The first kappa shape index (κ1) is 15.2. The molecule has 1 unspecified atom stereocenters. The van der Waals surface area contributed by atoms with E-state index < -0.39 is 10.0 Å². The van der Waals surface area contributed by atoms with Crippen molar-refractivity contribution in [3.05, 3.63) is 14.7 Å². The molecule has 0 amide bonds. The van der Waals surface area contributed by atoms with Crippen molar-refractivity contribution in [1.29, 1.82) is 0 Å². The zero-order valence-electron chi connectivity index (χ0n) is 9.41. The highest BCUT2D eigenvalue weighted by molar-refractivity contribution is 7.89. The zero-order chi connectivity index (χ0) is 13.2. The lowest BCUT2D eigenvalue weighted by Gasteiger charge is -2.15. The molecule has 0 aliphatic rings. The molecule has 8 heteroatoms. The van der Waals surface area contributed by atoms with Crippen LogP contribution in [-0.2, 0) is 10.0 Å². The summed E-state index contributed by atoms with van der Waals surface area (Å²) in [7, 11) is -3.63. The molecule has 0 aromatic carbocycles. The van der Waals surface area contributed by atoms with Gasteiger partial charge in [0, 0.05) is 12.6 Å². The van der Waals surface area contributed by atoms with Crippen molar-refractivity contribution in [2.75, 3.05) is 6.54 Å². The van der Waals surface area contributed by atoms with Crippen LogP contribution in [0.5, 0.6) is 0 Å². The monoisotopic (exact) mass is 316 g/mol. The molecule has 0 saturated carbocycles. The fourth-order valence-corrected chi connectivity index (χ4v) is 4.25. The Hall–Kier alpha value is 0.150. The maximum Gasteiger partial charge on any atom is 0.243 e. The van der Waals surface area contributed by atoms with Gasteiger partial charge in [0.05, 0.1) is 4.34 Å². The zero-order valence-corrected chi connectivity index (χ0v) is 12.6. The summed E-state index contributed by atoms with van der Waals surface area (Å²) in [6.45, 7) is 4.02. The lowest BCUT2D eigenvalue weighted by atomic mass is 10.1. The van der Waals surface area contributed by atoms with Crippen LogP contribution in [0.1, 0.15) is 13.8 Å². The molecule has 1 atom stereocenters. The second-order valence-corrected chi connectivity index (χ2v) is 7.97. The Kier molecular flexibility index (Phi) is 5.24. The summed E-state index contributed by atoms with van der Waals surface area (Å²) in [6, 6.07) is 1.09. The Bertz CT molecular complexity index is 485. The lowest BCUT2D eigenvalue weighted by molar-refractivity contribution is 0.481. The van der Waals surface area contributed by atoms with Gasteiger partial charge in [0.15, 0.2) is 0 Å². The average Bonchev–Trinajstić information content (AvgIpc) is 2.55. The number of rotatable bonds is 5. The van der Waals surface area contributed by atoms with Crippen LogP contribution in [0.15, 0.2) is 11.0 Å². The van der Waals surface area contributed by atoms with Gasteiger partial charge in [-0.15, -0.1) is 11.3 Å². The van der Waals surface area contributed by atoms with E-state index >= 15 is 0 Å². The quantitative estimate of drug-likeness (QED) is 0.875. The summed E-state index contributed by atoms with van der Waals surface area (Å²) in [5.41, 5.74) is 5.76. The number of halogens is 2. The van der Waals surface area contributed by atoms with Gasteiger partial charge in [0.2, 0.25) is 10.0 Å². The van der Waals surface area contributed by atoms with Crippen molar-refractivity contribution in [3.8, 4) is 0 Å². The van der Waals surface area contributed by atoms with Gasteiger partial charge >= 0.3 is 0 Å². The normalized spacial score (nSPS) is 14.2. The molecule has 17 heavy (non-hydrogen) atoms. The predicted molar refractivity (Wildman–Crippen MR) is 72.3 cm³/mol. The van der Waals surface area contributed by atoms with E-state index in [0.717, 1.165) is 11.3 Å². The van der Waals surface area contributed by atoms with Crippen LogP contribution in [0.25, 0.3) is 0 Å². The molecule has 3 N–H and O–H groups in total. The molecule has 0 bridgehead atoms. The van der Waals surface area contributed by atoms with Crippen LogP contribution in [0, 0.1) is 5.92 Å². The van der Waals surface area contributed by atoms with E-state index in [4.69, 9.17) is 28.9 Å². The topological polar surface area (TPSA) is 72.2 Å². The summed E-state index contributed by atoms with van der Waals surface area (Å²) in [5.74, 6) is 0.194. The van der Waals surface area contributed by atoms with E-state index in [0.29, 0.717) is 4.34 Å². The Morgan fingerprint density at radius 1 is 1.47 bits per heavy atom. The van der Waals surface area contributed by atoms with E-state index in [-0.39, 0.29) is 27.7 Å². The predicted octanol–water partition coefficient (Wildman–Crippen LogP) is 2.32. The minimum atomic E-state index is -3.63. The molecule has 1 aromatic heterocycles. The molecule has 0 aliphatic carbocycles. The summed E-state index contributed by atoms with van der Waals surface area (Å²) in [6.07, 6.45) is 0. The molecular formula is C9H14Cl2N2O2S2. The molecular weight excluding hydrogens is 303 g/mol. The molecule has 0 spiro atoms. The van der Waals surface area contributed by atoms with Gasteiger partial charge in [-0.2, -0.15) is 0 Å². The number of sulfonamides is 1. The molecule has 0 saturated heterocycles. The van der Waals surface area contributed by atoms with Gasteiger partial charge in [-0.25, -0.2) is 13.1 Å². The molecule has 1 aromatic rings. The van der Waals surface area contributed by atoms with Crippen LogP contribution < -0.4 is 10.5 Å². The van der Waals surface area contributed by atoms with E-state index in [9.17, 15) is 8.42 Å². The van der Waals surface area contributed by atoms with Crippen LogP contribution >= 0.6 is 34.5 Å². The van der Waals surface area contributed by atoms with Crippen LogP contribution in [0.2, 0.25) is 8.67 Å². The Balaban J connectivity index is 2.80. The van der Waals surface area contributed by atoms with Gasteiger partial charge in [-0.05, 0) is 12.0 Å². The minimum absolute atomic E-state index is 0.00474. The van der Waals surface area contributed by atoms with Crippen molar-refractivity contribution >= 4 is 44.6 Å². The second kappa shape index (κ2) is 5.86. The first-order chi connectivity index (χ1) is 7.74. The second-order valence-electron chi connectivity index (χ2n) is 3.95. The first-order valence-corrected chi connectivity index (χ1v) is 7.99. The molecule has 0 radical (unpaired) electrons. The minimum Gasteiger partial charge on any atom is -0.326 e. The Morgan fingerprint density at radius 3 is 2.47 bits per heavy atom. The van der Waals surface area contributed by atoms with E-state index in [1.807, 2.05) is 13.8 Å². The van der Waals surface area contributed by atoms with E-state index in [2.05, 4.69) is 4.72 Å². The van der Waals surface area contributed by atoms with Gasteiger partial charge in [0.1, 0.15) is 9.23 Å². The largest absolute Gasteiger partial charge is 0.326 e. The van der Waals surface area contributed by atoms with Crippen LogP contribution in [0.3, 0.4) is 0 Å². The number of thiophene rings is 1. The third-order valence-electron chi connectivity index (χ3n) is 2.28. The highest BCUT2D eigenvalue weighted by atomic mass is 35.5. The Labute approximate surface area is 115 Å². The fourth-order valence-electron chi connectivity index (χ4n) is 1.03. The summed E-state index contributed by atoms with van der Waals surface area (Å²) in [4.78, 5) is 0.00474. The van der Waals surface area contributed by atoms with Gasteiger partial charge in [-0.3, -0.25) is 0 Å². The molecule has 98 valence electrons. The molecule has 4 nitrogen and oxygen atoms in total. The summed E-state index contributed by atoms with van der Waals surface area (Å²) >= 11 is 12.5. The fraction of sp³-hybridized carbons (Fsp3) is 0.556. The van der Waals surface area contributed by atoms with Crippen molar-refractivity contribution in [2.45, 2.75) is 24.8 Å². The van der Waals surface area contributed by atoms with Gasteiger partial charge in [-0.1, -0.05) is 37.0 Å². The van der Waals surface area contributed by atoms with Crippen molar-refractivity contribution < 1.29 is 8.42 Å². The van der Waals surface area contributed by atoms with Crippen LogP contribution in [-0.4, -0.2) is 21.0 Å². The maximum atomic E-state index is 11.9. The summed E-state index contributed by atoms with van der Waals surface area (Å²) < 4.78 is 26.7. The summed E-state index contributed by atoms with van der Waals surface area (Å²) in [5, 5.41) is 0. The molecule has 0 fully saturated rings.